The zero-order valence-electron chi connectivity index (χ0n) is 7.98. The highest BCUT2D eigenvalue weighted by molar-refractivity contribution is 14.1. The monoisotopic (exact) mass is 347 g/mol. The van der Waals surface area contributed by atoms with Crippen molar-refractivity contribution in [2.24, 2.45) is 0 Å². The average molecular weight is 348 g/mol. The van der Waals surface area contributed by atoms with Crippen LogP contribution in [-0.4, -0.2) is 15.0 Å². The fraction of sp³-hybridized carbons (Fsp3) is 0. The molecule has 0 saturated carbocycles. The van der Waals surface area contributed by atoms with Gasteiger partial charge in [0.25, 0.3) is 0 Å². The Bertz CT molecular complexity index is 499. The van der Waals surface area contributed by atoms with Crippen molar-refractivity contribution >= 4 is 51.8 Å². The minimum Gasteiger partial charge on any atom is -0.368 e. The summed E-state index contributed by atoms with van der Waals surface area (Å²) in [4.78, 5) is 11.5. The van der Waals surface area contributed by atoms with Crippen LogP contribution in [0.4, 0.5) is 17.6 Å². The van der Waals surface area contributed by atoms with Gasteiger partial charge in [0, 0.05) is 9.26 Å². The number of nitrogen functional groups attached to an aromatic ring is 1. The van der Waals surface area contributed by atoms with Crippen LogP contribution in [0.5, 0.6) is 0 Å². The van der Waals surface area contributed by atoms with Crippen LogP contribution < -0.4 is 11.1 Å². The number of benzene rings is 1. The summed E-state index contributed by atoms with van der Waals surface area (Å²) in [5, 5.41) is 3.06. The summed E-state index contributed by atoms with van der Waals surface area (Å²) in [5.41, 5.74) is 6.32. The molecule has 1 aromatic carbocycles. The molecule has 1 heterocycles. The molecule has 0 atom stereocenters. The van der Waals surface area contributed by atoms with Crippen LogP contribution in [0.3, 0.4) is 0 Å². The van der Waals surface area contributed by atoms with Gasteiger partial charge in [0.2, 0.25) is 17.2 Å². The molecule has 2 aromatic rings. The highest BCUT2D eigenvalue weighted by atomic mass is 127. The molecule has 0 spiro atoms. The minimum absolute atomic E-state index is 0.0700. The fourth-order valence-electron chi connectivity index (χ4n) is 1.12. The Labute approximate surface area is 111 Å². The average Bonchev–Trinajstić information content (AvgIpc) is 2.15. The van der Waals surface area contributed by atoms with E-state index in [0.717, 1.165) is 9.26 Å². The predicted molar refractivity (Wildman–Crippen MR) is 71.7 cm³/mol. The summed E-state index contributed by atoms with van der Waals surface area (Å²) in [6, 6.07) is 7.77. The molecule has 3 N–H and O–H groups in total. The van der Waals surface area contributed by atoms with Crippen molar-refractivity contribution in [2.75, 3.05) is 11.1 Å². The number of hydrogen-bond donors (Lipinski definition) is 2. The lowest BCUT2D eigenvalue weighted by Crippen LogP contribution is -2.03. The quantitative estimate of drug-likeness (QED) is 0.816. The molecule has 82 valence electrons. The van der Waals surface area contributed by atoms with E-state index in [1.165, 1.54) is 0 Å². The number of aromatic nitrogens is 3. The molecule has 0 aliphatic heterocycles. The molecule has 0 fully saturated rings. The van der Waals surface area contributed by atoms with Crippen molar-refractivity contribution in [3.63, 3.8) is 0 Å². The molecule has 0 amide bonds. The second kappa shape index (κ2) is 4.79. The Hall–Kier alpha value is -1.15. The number of rotatable bonds is 2. The molecule has 16 heavy (non-hydrogen) atoms. The van der Waals surface area contributed by atoms with Crippen LogP contribution >= 0.6 is 34.2 Å². The summed E-state index contributed by atoms with van der Waals surface area (Å²) in [5.74, 6) is 0.424. The van der Waals surface area contributed by atoms with E-state index in [2.05, 4.69) is 42.9 Å². The Morgan fingerprint density at radius 2 is 2.06 bits per heavy atom. The largest absolute Gasteiger partial charge is 0.368 e. The van der Waals surface area contributed by atoms with Gasteiger partial charge in [-0.3, -0.25) is 0 Å². The van der Waals surface area contributed by atoms with Crippen molar-refractivity contribution in [3.8, 4) is 0 Å². The van der Waals surface area contributed by atoms with Crippen LogP contribution in [0, 0.1) is 3.57 Å². The van der Waals surface area contributed by atoms with Crippen LogP contribution in [0.15, 0.2) is 24.3 Å². The van der Waals surface area contributed by atoms with Gasteiger partial charge >= 0.3 is 0 Å². The Balaban J connectivity index is 2.27. The van der Waals surface area contributed by atoms with Gasteiger partial charge in [-0.15, -0.1) is 0 Å². The molecule has 2 rings (SSSR count). The highest BCUT2D eigenvalue weighted by Gasteiger charge is 2.02. The number of nitrogens with two attached hydrogens (primary N) is 1. The maximum absolute atomic E-state index is 5.66. The molecule has 0 radical (unpaired) electrons. The molecule has 0 aliphatic rings. The number of halogens is 2. The van der Waals surface area contributed by atoms with Crippen molar-refractivity contribution in [1.29, 1.82) is 0 Å². The molecule has 0 aliphatic carbocycles. The van der Waals surface area contributed by atoms with Gasteiger partial charge in [0.1, 0.15) is 0 Å². The molecule has 0 bridgehead atoms. The first-order chi connectivity index (χ1) is 7.63. The molecule has 7 heteroatoms. The lowest BCUT2D eigenvalue weighted by atomic mass is 10.3. The van der Waals surface area contributed by atoms with Crippen molar-refractivity contribution in [2.45, 2.75) is 0 Å². The molecule has 0 saturated heterocycles. The summed E-state index contributed by atoms with van der Waals surface area (Å²) >= 11 is 7.88. The molecule has 1 aromatic heterocycles. The SMILES string of the molecule is Nc1nc(Cl)nc(Nc2cccc(I)c2)n1. The minimum atomic E-state index is 0.0700. The first-order valence-electron chi connectivity index (χ1n) is 4.33. The van der Waals surface area contributed by atoms with E-state index in [9.17, 15) is 0 Å². The number of nitrogens with zero attached hydrogens (tertiary/aromatic N) is 3. The summed E-state index contributed by atoms with van der Waals surface area (Å²) in [6.45, 7) is 0. The number of nitrogens with one attached hydrogen (secondary N) is 1. The van der Waals surface area contributed by atoms with Crippen LogP contribution in [0.1, 0.15) is 0 Å². The fourth-order valence-corrected chi connectivity index (χ4v) is 1.83. The van der Waals surface area contributed by atoms with E-state index in [0.29, 0.717) is 5.95 Å². The Kier molecular flexibility index (Phi) is 3.39. The lowest BCUT2D eigenvalue weighted by Gasteiger charge is -2.05. The lowest BCUT2D eigenvalue weighted by molar-refractivity contribution is 1.07. The third kappa shape index (κ3) is 2.92. The number of hydrogen-bond acceptors (Lipinski definition) is 5. The Morgan fingerprint density at radius 1 is 1.25 bits per heavy atom. The van der Waals surface area contributed by atoms with Crippen LogP contribution in [0.2, 0.25) is 5.28 Å². The standard InChI is InChI=1S/C9H7ClIN5/c10-7-14-8(12)16-9(15-7)13-6-3-1-2-5(11)4-6/h1-4H,(H3,12,13,14,15,16). The topological polar surface area (TPSA) is 76.7 Å². The summed E-state index contributed by atoms with van der Waals surface area (Å²) in [7, 11) is 0. The smallest absolute Gasteiger partial charge is 0.233 e. The zero-order chi connectivity index (χ0) is 11.5. The third-order valence-corrected chi connectivity index (χ3v) is 2.55. The third-order valence-electron chi connectivity index (χ3n) is 1.71. The van der Waals surface area contributed by atoms with Crippen LogP contribution in [-0.2, 0) is 0 Å². The second-order valence-corrected chi connectivity index (χ2v) is 4.51. The molecule has 0 unspecified atom stereocenters. The van der Waals surface area contributed by atoms with Crippen molar-refractivity contribution in [3.05, 3.63) is 33.1 Å². The number of anilines is 3. The van der Waals surface area contributed by atoms with Gasteiger partial charge in [-0.1, -0.05) is 6.07 Å². The van der Waals surface area contributed by atoms with Gasteiger partial charge in [-0.05, 0) is 52.4 Å². The van der Waals surface area contributed by atoms with Gasteiger partial charge in [-0.2, -0.15) is 15.0 Å². The van der Waals surface area contributed by atoms with E-state index in [4.69, 9.17) is 17.3 Å². The van der Waals surface area contributed by atoms with E-state index < -0.39 is 0 Å². The first kappa shape index (κ1) is 11.3. The van der Waals surface area contributed by atoms with Crippen molar-refractivity contribution < 1.29 is 0 Å². The maximum atomic E-state index is 5.66. The molecular formula is C9H7ClIN5. The summed E-state index contributed by atoms with van der Waals surface area (Å²) in [6.07, 6.45) is 0. The summed E-state index contributed by atoms with van der Waals surface area (Å²) < 4.78 is 1.11. The zero-order valence-corrected chi connectivity index (χ0v) is 10.9. The first-order valence-corrected chi connectivity index (χ1v) is 5.79. The molecule has 5 nitrogen and oxygen atoms in total. The predicted octanol–water partition coefficient (Wildman–Crippen LogP) is 2.46. The van der Waals surface area contributed by atoms with E-state index >= 15 is 0 Å². The van der Waals surface area contributed by atoms with Gasteiger partial charge in [-0.25, -0.2) is 0 Å². The van der Waals surface area contributed by atoms with Gasteiger partial charge < -0.3 is 11.1 Å². The van der Waals surface area contributed by atoms with Crippen molar-refractivity contribution in [1.82, 2.24) is 15.0 Å². The second-order valence-electron chi connectivity index (χ2n) is 2.92. The van der Waals surface area contributed by atoms with E-state index in [-0.39, 0.29) is 11.2 Å². The van der Waals surface area contributed by atoms with Gasteiger partial charge in [0.15, 0.2) is 0 Å². The highest BCUT2D eigenvalue weighted by Crippen LogP contribution is 2.17. The van der Waals surface area contributed by atoms with Gasteiger partial charge in [0.05, 0.1) is 0 Å². The maximum Gasteiger partial charge on any atom is 0.233 e. The molecular weight excluding hydrogens is 340 g/mol. The Morgan fingerprint density at radius 3 is 2.75 bits per heavy atom. The van der Waals surface area contributed by atoms with E-state index in [1.54, 1.807) is 0 Å². The normalized spacial score (nSPS) is 10.1. The van der Waals surface area contributed by atoms with E-state index in [1.807, 2.05) is 24.3 Å². The van der Waals surface area contributed by atoms with Crippen LogP contribution in [0.25, 0.3) is 0 Å².